The highest BCUT2D eigenvalue weighted by Gasteiger charge is 2.18. The topological polar surface area (TPSA) is 49.3 Å². The highest BCUT2D eigenvalue weighted by molar-refractivity contribution is 9.10. The summed E-state index contributed by atoms with van der Waals surface area (Å²) in [6, 6.07) is 5.04. The summed E-state index contributed by atoms with van der Waals surface area (Å²) < 4.78 is 0.910. The number of halogens is 2. The second-order valence-electron chi connectivity index (χ2n) is 4.64. The van der Waals surface area contributed by atoms with Gasteiger partial charge in [0.2, 0.25) is 0 Å². The Hall–Kier alpha value is -0.580. The minimum absolute atomic E-state index is 0.332. The van der Waals surface area contributed by atoms with Gasteiger partial charge in [-0.1, -0.05) is 47.4 Å². The SMILES string of the molecule is CC(C)CC(NCc1ccc(Br)cc1Cl)C(=O)O. The summed E-state index contributed by atoms with van der Waals surface area (Å²) in [4.78, 5) is 11.1. The van der Waals surface area contributed by atoms with Gasteiger partial charge in [0.1, 0.15) is 6.04 Å². The molecule has 1 atom stereocenters. The Morgan fingerprint density at radius 3 is 2.67 bits per heavy atom. The fourth-order valence-electron chi connectivity index (χ4n) is 1.64. The third-order valence-electron chi connectivity index (χ3n) is 2.56. The summed E-state index contributed by atoms with van der Waals surface area (Å²) in [5.41, 5.74) is 0.898. The Bertz CT molecular complexity index is 423. The largest absolute Gasteiger partial charge is 0.480 e. The van der Waals surface area contributed by atoms with Crippen molar-refractivity contribution in [3.05, 3.63) is 33.3 Å². The summed E-state index contributed by atoms with van der Waals surface area (Å²) in [7, 11) is 0. The first-order valence-electron chi connectivity index (χ1n) is 5.80. The molecule has 3 nitrogen and oxygen atoms in total. The van der Waals surface area contributed by atoms with Gasteiger partial charge in [-0.2, -0.15) is 0 Å². The van der Waals surface area contributed by atoms with Gasteiger partial charge in [0.05, 0.1) is 0 Å². The zero-order valence-corrected chi connectivity index (χ0v) is 12.8. The van der Waals surface area contributed by atoms with E-state index in [1.54, 1.807) is 6.07 Å². The van der Waals surface area contributed by atoms with E-state index in [1.165, 1.54) is 0 Å². The molecule has 0 aliphatic heterocycles. The summed E-state index contributed by atoms with van der Waals surface area (Å²) in [5.74, 6) is -0.490. The molecular weight excluding hydrogens is 318 g/mol. The number of aliphatic carboxylic acids is 1. The highest BCUT2D eigenvalue weighted by atomic mass is 79.9. The van der Waals surface area contributed by atoms with E-state index in [0.717, 1.165) is 10.0 Å². The van der Waals surface area contributed by atoms with Gasteiger partial charge in [0.25, 0.3) is 0 Å². The molecule has 0 fully saturated rings. The second kappa shape index (κ2) is 7.12. The normalized spacial score (nSPS) is 12.7. The first-order valence-corrected chi connectivity index (χ1v) is 6.97. The molecule has 0 spiro atoms. The van der Waals surface area contributed by atoms with Crippen LogP contribution in [0.5, 0.6) is 0 Å². The third kappa shape index (κ3) is 4.96. The van der Waals surface area contributed by atoms with E-state index in [-0.39, 0.29) is 0 Å². The van der Waals surface area contributed by atoms with Gasteiger partial charge in [0, 0.05) is 16.0 Å². The van der Waals surface area contributed by atoms with Crippen LogP contribution in [0, 0.1) is 5.92 Å². The predicted molar refractivity (Wildman–Crippen MR) is 76.9 cm³/mol. The smallest absolute Gasteiger partial charge is 0.320 e. The van der Waals surface area contributed by atoms with Crippen LogP contribution < -0.4 is 5.32 Å². The molecule has 0 bridgehead atoms. The van der Waals surface area contributed by atoms with Gasteiger partial charge in [-0.3, -0.25) is 4.79 Å². The molecule has 0 heterocycles. The van der Waals surface area contributed by atoms with Crippen molar-refractivity contribution in [1.82, 2.24) is 5.32 Å². The average Bonchev–Trinajstić information content (AvgIpc) is 2.25. The average molecular weight is 335 g/mol. The van der Waals surface area contributed by atoms with Gasteiger partial charge >= 0.3 is 5.97 Å². The molecule has 100 valence electrons. The van der Waals surface area contributed by atoms with E-state index in [2.05, 4.69) is 21.2 Å². The van der Waals surface area contributed by atoms with Gasteiger partial charge in [-0.15, -0.1) is 0 Å². The summed E-state index contributed by atoms with van der Waals surface area (Å²) in [5, 5.41) is 12.8. The minimum atomic E-state index is -0.822. The Labute approximate surface area is 121 Å². The van der Waals surface area contributed by atoms with Crippen molar-refractivity contribution in [3.63, 3.8) is 0 Å². The number of carboxylic acids is 1. The molecule has 0 saturated heterocycles. The Balaban J connectivity index is 2.64. The van der Waals surface area contributed by atoms with E-state index in [9.17, 15) is 4.79 Å². The van der Waals surface area contributed by atoms with E-state index >= 15 is 0 Å². The number of carboxylic acid groups (broad SMARTS) is 1. The zero-order chi connectivity index (χ0) is 13.7. The van der Waals surface area contributed by atoms with Crippen molar-refractivity contribution >= 4 is 33.5 Å². The van der Waals surface area contributed by atoms with E-state index in [1.807, 2.05) is 26.0 Å². The van der Waals surface area contributed by atoms with E-state index in [4.69, 9.17) is 16.7 Å². The first kappa shape index (κ1) is 15.5. The molecule has 5 heteroatoms. The number of rotatable bonds is 6. The summed E-state index contributed by atoms with van der Waals surface area (Å²) in [6.45, 7) is 4.46. The lowest BCUT2D eigenvalue weighted by Crippen LogP contribution is -2.37. The number of hydrogen-bond acceptors (Lipinski definition) is 2. The molecule has 0 amide bonds. The third-order valence-corrected chi connectivity index (χ3v) is 3.40. The Kier molecular flexibility index (Phi) is 6.12. The summed E-state index contributed by atoms with van der Waals surface area (Å²) in [6.07, 6.45) is 0.601. The van der Waals surface area contributed by atoms with Crippen LogP contribution in [0.4, 0.5) is 0 Å². The van der Waals surface area contributed by atoms with Crippen LogP contribution in [0.1, 0.15) is 25.8 Å². The maximum Gasteiger partial charge on any atom is 0.320 e. The molecule has 1 unspecified atom stereocenters. The zero-order valence-electron chi connectivity index (χ0n) is 10.4. The fourth-order valence-corrected chi connectivity index (χ4v) is 2.38. The van der Waals surface area contributed by atoms with Crippen LogP contribution in [-0.2, 0) is 11.3 Å². The monoisotopic (exact) mass is 333 g/mol. The van der Waals surface area contributed by atoms with Crippen LogP contribution in [0.3, 0.4) is 0 Å². The van der Waals surface area contributed by atoms with Gasteiger partial charge in [-0.05, 0) is 30.0 Å². The van der Waals surface area contributed by atoms with Gasteiger partial charge in [0.15, 0.2) is 0 Å². The van der Waals surface area contributed by atoms with E-state index in [0.29, 0.717) is 23.9 Å². The number of nitrogens with one attached hydrogen (secondary N) is 1. The molecule has 18 heavy (non-hydrogen) atoms. The lowest BCUT2D eigenvalue weighted by atomic mass is 10.0. The number of benzene rings is 1. The quantitative estimate of drug-likeness (QED) is 0.834. The van der Waals surface area contributed by atoms with Crippen LogP contribution in [0.2, 0.25) is 5.02 Å². The van der Waals surface area contributed by atoms with Crippen molar-refractivity contribution in [2.45, 2.75) is 32.9 Å². The van der Waals surface area contributed by atoms with Gasteiger partial charge in [-0.25, -0.2) is 0 Å². The second-order valence-corrected chi connectivity index (χ2v) is 5.96. The van der Waals surface area contributed by atoms with Crippen LogP contribution in [0.25, 0.3) is 0 Å². The molecule has 0 aliphatic rings. The molecular formula is C13H17BrClNO2. The highest BCUT2D eigenvalue weighted by Crippen LogP contribution is 2.21. The summed E-state index contributed by atoms with van der Waals surface area (Å²) >= 11 is 9.41. The van der Waals surface area contributed by atoms with Gasteiger partial charge < -0.3 is 10.4 Å². The maximum atomic E-state index is 11.1. The lowest BCUT2D eigenvalue weighted by molar-refractivity contribution is -0.140. The van der Waals surface area contributed by atoms with E-state index < -0.39 is 12.0 Å². The van der Waals surface area contributed by atoms with Crippen LogP contribution in [0.15, 0.2) is 22.7 Å². The minimum Gasteiger partial charge on any atom is -0.480 e. The number of carbonyl (C=O) groups is 1. The molecule has 1 aromatic rings. The van der Waals surface area contributed by atoms with Crippen LogP contribution in [-0.4, -0.2) is 17.1 Å². The number of hydrogen-bond donors (Lipinski definition) is 2. The predicted octanol–water partition coefficient (Wildman–Crippen LogP) is 3.69. The maximum absolute atomic E-state index is 11.1. The van der Waals surface area contributed by atoms with Crippen molar-refractivity contribution in [2.75, 3.05) is 0 Å². The fraction of sp³-hybridized carbons (Fsp3) is 0.462. The molecule has 1 aromatic carbocycles. The molecule has 0 radical (unpaired) electrons. The lowest BCUT2D eigenvalue weighted by Gasteiger charge is -2.17. The van der Waals surface area contributed by atoms with Crippen LogP contribution >= 0.6 is 27.5 Å². The first-order chi connectivity index (χ1) is 8.40. The Morgan fingerprint density at radius 2 is 2.17 bits per heavy atom. The van der Waals surface area contributed by atoms with Crippen molar-refractivity contribution < 1.29 is 9.90 Å². The standard InChI is InChI=1S/C13H17BrClNO2/c1-8(2)5-12(13(17)18)16-7-9-3-4-10(14)6-11(9)15/h3-4,6,8,12,16H,5,7H2,1-2H3,(H,17,18). The molecule has 0 aromatic heterocycles. The molecule has 1 rings (SSSR count). The van der Waals surface area contributed by atoms with Crippen molar-refractivity contribution in [2.24, 2.45) is 5.92 Å². The molecule has 0 aliphatic carbocycles. The molecule has 0 saturated carbocycles. The van der Waals surface area contributed by atoms with Crippen molar-refractivity contribution in [3.8, 4) is 0 Å². The molecule has 2 N–H and O–H groups in total. The Morgan fingerprint density at radius 1 is 1.50 bits per heavy atom. The van der Waals surface area contributed by atoms with Crippen molar-refractivity contribution in [1.29, 1.82) is 0 Å².